The Kier molecular flexibility index (Phi) is 3.61. The van der Waals surface area contributed by atoms with E-state index >= 15 is 0 Å². The maximum absolute atomic E-state index is 5.22. The molecular formula is C12H9Br2NO. The van der Waals surface area contributed by atoms with Gasteiger partial charge in [0.15, 0.2) is 0 Å². The molecule has 0 fully saturated rings. The average molecular weight is 343 g/mol. The molecule has 0 bridgehead atoms. The molecule has 1 heterocycles. The fourth-order valence-electron chi connectivity index (χ4n) is 1.40. The minimum Gasteiger partial charge on any atom is -0.496 e. The van der Waals surface area contributed by atoms with Crippen LogP contribution in [0.15, 0.2) is 45.5 Å². The zero-order valence-corrected chi connectivity index (χ0v) is 11.7. The van der Waals surface area contributed by atoms with Gasteiger partial charge in [-0.05, 0) is 56.1 Å². The number of benzene rings is 1. The van der Waals surface area contributed by atoms with Gasteiger partial charge < -0.3 is 4.74 Å². The lowest BCUT2D eigenvalue weighted by Crippen LogP contribution is -1.88. The summed E-state index contributed by atoms with van der Waals surface area (Å²) in [7, 11) is 1.65. The first-order valence-corrected chi connectivity index (χ1v) is 6.25. The van der Waals surface area contributed by atoms with Crippen molar-refractivity contribution in [2.45, 2.75) is 0 Å². The first kappa shape index (κ1) is 11.6. The van der Waals surface area contributed by atoms with E-state index in [9.17, 15) is 0 Å². The van der Waals surface area contributed by atoms with Crippen molar-refractivity contribution in [2.24, 2.45) is 0 Å². The molecule has 0 aliphatic rings. The molecule has 1 aromatic heterocycles. The minimum absolute atomic E-state index is 0.798. The van der Waals surface area contributed by atoms with Gasteiger partial charge in [-0.1, -0.05) is 6.07 Å². The number of pyridine rings is 1. The van der Waals surface area contributed by atoms with Gasteiger partial charge in [0.2, 0.25) is 0 Å². The molecule has 82 valence electrons. The summed E-state index contributed by atoms with van der Waals surface area (Å²) in [6, 6.07) is 9.75. The van der Waals surface area contributed by atoms with Crippen LogP contribution in [0.25, 0.3) is 11.3 Å². The summed E-state index contributed by atoms with van der Waals surface area (Å²) in [6.07, 6.45) is 1.78. The van der Waals surface area contributed by atoms with Crippen molar-refractivity contribution in [1.82, 2.24) is 4.98 Å². The van der Waals surface area contributed by atoms with E-state index in [2.05, 4.69) is 36.8 Å². The predicted octanol–water partition coefficient (Wildman–Crippen LogP) is 4.28. The number of methoxy groups -OCH3 is 1. The smallest absolute Gasteiger partial charge is 0.134 e. The summed E-state index contributed by atoms with van der Waals surface area (Å²) in [5, 5.41) is 0. The van der Waals surface area contributed by atoms with Crippen LogP contribution in [-0.4, -0.2) is 12.1 Å². The van der Waals surface area contributed by atoms with E-state index in [0.717, 1.165) is 26.0 Å². The van der Waals surface area contributed by atoms with Gasteiger partial charge in [-0.3, -0.25) is 4.98 Å². The number of hydrogen-bond donors (Lipinski definition) is 0. The zero-order valence-electron chi connectivity index (χ0n) is 8.58. The van der Waals surface area contributed by atoms with Crippen LogP contribution in [0.3, 0.4) is 0 Å². The first-order chi connectivity index (χ1) is 7.72. The third-order valence-electron chi connectivity index (χ3n) is 2.18. The summed E-state index contributed by atoms with van der Waals surface area (Å²) in [5.41, 5.74) is 1.96. The van der Waals surface area contributed by atoms with Crippen molar-refractivity contribution >= 4 is 31.9 Å². The highest BCUT2D eigenvalue weighted by Gasteiger charge is 2.09. The second-order valence-corrected chi connectivity index (χ2v) is 4.89. The van der Waals surface area contributed by atoms with Gasteiger partial charge in [0.1, 0.15) is 5.75 Å². The van der Waals surface area contributed by atoms with Gasteiger partial charge in [0.05, 0.1) is 17.3 Å². The molecule has 0 unspecified atom stereocenters. The summed E-state index contributed by atoms with van der Waals surface area (Å²) in [6.45, 7) is 0. The van der Waals surface area contributed by atoms with Crippen LogP contribution in [0.5, 0.6) is 5.75 Å². The molecule has 0 radical (unpaired) electrons. The van der Waals surface area contributed by atoms with Crippen LogP contribution in [0.1, 0.15) is 0 Å². The fraction of sp³-hybridized carbons (Fsp3) is 0.0833. The monoisotopic (exact) mass is 341 g/mol. The largest absolute Gasteiger partial charge is 0.496 e. The lowest BCUT2D eigenvalue weighted by Gasteiger charge is -2.08. The number of rotatable bonds is 2. The summed E-state index contributed by atoms with van der Waals surface area (Å²) < 4.78 is 7.10. The Morgan fingerprint density at radius 2 is 1.94 bits per heavy atom. The van der Waals surface area contributed by atoms with Gasteiger partial charge in [0.25, 0.3) is 0 Å². The summed E-state index contributed by atoms with van der Waals surface area (Å²) in [4.78, 5) is 4.31. The van der Waals surface area contributed by atoms with Crippen molar-refractivity contribution in [3.8, 4) is 17.0 Å². The van der Waals surface area contributed by atoms with E-state index in [1.165, 1.54) is 0 Å². The van der Waals surface area contributed by atoms with Gasteiger partial charge in [-0.15, -0.1) is 0 Å². The molecule has 2 nitrogen and oxygen atoms in total. The van der Waals surface area contributed by atoms with Crippen molar-refractivity contribution < 1.29 is 4.74 Å². The maximum atomic E-state index is 5.22. The van der Waals surface area contributed by atoms with E-state index in [1.807, 2.05) is 30.3 Å². The third kappa shape index (κ3) is 2.28. The lowest BCUT2D eigenvalue weighted by molar-refractivity contribution is 0.412. The molecule has 0 spiro atoms. The molecule has 0 saturated heterocycles. The van der Waals surface area contributed by atoms with Crippen LogP contribution in [-0.2, 0) is 0 Å². The summed E-state index contributed by atoms with van der Waals surface area (Å²) in [5.74, 6) is 0.798. The molecule has 1 aromatic carbocycles. The molecule has 4 heteroatoms. The Bertz CT molecular complexity index is 500. The van der Waals surface area contributed by atoms with Gasteiger partial charge in [-0.2, -0.15) is 0 Å². The highest BCUT2D eigenvalue weighted by molar-refractivity contribution is 9.11. The van der Waals surface area contributed by atoms with Gasteiger partial charge >= 0.3 is 0 Å². The van der Waals surface area contributed by atoms with Gasteiger partial charge in [-0.25, -0.2) is 0 Å². The van der Waals surface area contributed by atoms with Crippen LogP contribution >= 0.6 is 31.9 Å². The molecule has 0 aliphatic heterocycles. The van der Waals surface area contributed by atoms with Crippen LogP contribution in [0.2, 0.25) is 0 Å². The van der Waals surface area contributed by atoms with Crippen molar-refractivity contribution in [2.75, 3.05) is 7.11 Å². The van der Waals surface area contributed by atoms with E-state index in [0.29, 0.717) is 0 Å². The highest BCUT2D eigenvalue weighted by Crippen LogP contribution is 2.36. The van der Waals surface area contributed by atoms with Gasteiger partial charge in [0, 0.05) is 16.2 Å². The second-order valence-electron chi connectivity index (χ2n) is 3.18. The van der Waals surface area contributed by atoms with E-state index in [1.54, 1.807) is 13.3 Å². The molecule has 0 saturated carbocycles. The first-order valence-electron chi connectivity index (χ1n) is 4.67. The number of ether oxygens (including phenoxy) is 1. The molecule has 0 N–H and O–H groups in total. The molecular weight excluding hydrogens is 334 g/mol. The van der Waals surface area contributed by atoms with E-state index in [4.69, 9.17) is 4.74 Å². The fourth-order valence-corrected chi connectivity index (χ4v) is 2.43. The molecule has 0 amide bonds. The Hall–Kier alpha value is -0.870. The number of nitrogens with zero attached hydrogens (tertiary/aromatic N) is 1. The topological polar surface area (TPSA) is 22.1 Å². The standard InChI is InChI=1S/C12H9Br2NO/c1-16-12-7-9(13)8(6-10(12)14)11-4-2-3-5-15-11/h2-7H,1H3. The minimum atomic E-state index is 0.798. The van der Waals surface area contributed by atoms with E-state index in [-0.39, 0.29) is 0 Å². The maximum Gasteiger partial charge on any atom is 0.134 e. The molecule has 16 heavy (non-hydrogen) atoms. The number of aromatic nitrogens is 1. The quantitative estimate of drug-likeness (QED) is 0.812. The zero-order chi connectivity index (χ0) is 11.5. The average Bonchev–Trinajstić information content (AvgIpc) is 2.32. The normalized spacial score (nSPS) is 10.2. The number of hydrogen-bond acceptors (Lipinski definition) is 2. The van der Waals surface area contributed by atoms with Crippen molar-refractivity contribution in [3.63, 3.8) is 0 Å². The Labute approximate surface area is 111 Å². The Morgan fingerprint density at radius 1 is 1.12 bits per heavy atom. The van der Waals surface area contributed by atoms with E-state index < -0.39 is 0 Å². The Morgan fingerprint density at radius 3 is 2.56 bits per heavy atom. The van der Waals surface area contributed by atoms with Crippen molar-refractivity contribution in [3.05, 3.63) is 45.5 Å². The predicted molar refractivity (Wildman–Crippen MR) is 71.6 cm³/mol. The van der Waals surface area contributed by atoms with Crippen molar-refractivity contribution in [1.29, 1.82) is 0 Å². The van der Waals surface area contributed by atoms with Crippen LogP contribution in [0, 0.1) is 0 Å². The highest BCUT2D eigenvalue weighted by atomic mass is 79.9. The third-order valence-corrected chi connectivity index (χ3v) is 3.46. The van der Waals surface area contributed by atoms with Crippen LogP contribution in [0.4, 0.5) is 0 Å². The Balaban J connectivity index is 2.55. The summed E-state index contributed by atoms with van der Waals surface area (Å²) >= 11 is 6.98. The number of halogens is 2. The lowest BCUT2D eigenvalue weighted by atomic mass is 10.1. The molecule has 2 rings (SSSR count). The molecule has 0 aliphatic carbocycles. The SMILES string of the molecule is COc1cc(Br)c(-c2ccccn2)cc1Br. The van der Waals surface area contributed by atoms with Crippen LogP contribution < -0.4 is 4.74 Å². The molecule has 2 aromatic rings. The molecule has 0 atom stereocenters. The second kappa shape index (κ2) is 4.97.